The Morgan fingerprint density at radius 3 is 2.26 bits per heavy atom. The Kier molecular flexibility index (Phi) is 12.8. The van der Waals surface area contributed by atoms with E-state index in [1.807, 2.05) is 96.8 Å². The SMILES string of the molecule is C=CC1=C(C(=O)OC(c2ccccc2)c2ccccc2)N2C(=O)C(NC(=O)C=NOC(c3ccc[n+](C)c3)c3csc(N)n3)[C@@H]2SC1.COS(=O)(=O)[O-]. The minimum Gasteiger partial charge on any atom is -0.726 e. The third-order valence-corrected chi connectivity index (χ3v) is 10.2. The van der Waals surface area contributed by atoms with Gasteiger partial charge in [0.15, 0.2) is 23.6 Å². The molecule has 2 unspecified atom stereocenters. The van der Waals surface area contributed by atoms with Crippen molar-refractivity contribution in [3.8, 4) is 0 Å². The molecule has 276 valence electrons. The molecule has 18 heteroatoms. The molecule has 2 amide bonds. The summed E-state index contributed by atoms with van der Waals surface area (Å²) in [6, 6.07) is 21.6. The summed E-state index contributed by atoms with van der Waals surface area (Å²) in [5.41, 5.74) is 9.41. The van der Waals surface area contributed by atoms with Crippen molar-refractivity contribution in [3.05, 3.63) is 137 Å². The number of nitrogens with zero attached hydrogens (tertiary/aromatic N) is 4. The number of anilines is 1. The highest BCUT2D eigenvalue weighted by Gasteiger charge is 2.54. The number of aryl methyl sites for hydroxylation is 1. The predicted molar refractivity (Wildman–Crippen MR) is 195 cm³/mol. The van der Waals surface area contributed by atoms with Gasteiger partial charge in [-0.25, -0.2) is 22.8 Å². The van der Waals surface area contributed by atoms with E-state index in [4.69, 9.17) is 15.3 Å². The van der Waals surface area contributed by atoms with Gasteiger partial charge < -0.3 is 25.2 Å². The van der Waals surface area contributed by atoms with Crippen LogP contribution in [0, 0.1) is 0 Å². The van der Waals surface area contributed by atoms with Crippen molar-refractivity contribution in [1.82, 2.24) is 15.2 Å². The second kappa shape index (κ2) is 17.4. The number of esters is 1. The number of allylic oxidation sites excluding steroid dienone is 1. The van der Waals surface area contributed by atoms with Crippen molar-refractivity contribution in [2.45, 2.75) is 23.6 Å². The Labute approximate surface area is 313 Å². The minimum absolute atomic E-state index is 0.120. The topological polar surface area (TPSA) is 207 Å². The van der Waals surface area contributed by atoms with Gasteiger partial charge in [0.05, 0.1) is 12.7 Å². The van der Waals surface area contributed by atoms with Crippen molar-refractivity contribution in [2.75, 3.05) is 18.6 Å². The summed E-state index contributed by atoms with van der Waals surface area (Å²) in [7, 11) is -1.73. The zero-order chi connectivity index (χ0) is 38.1. The highest BCUT2D eigenvalue weighted by molar-refractivity contribution is 8.00. The van der Waals surface area contributed by atoms with E-state index >= 15 is 0 Å². The molecule has 2 aromatic heterocycles. The number of carbonyl (C=O) groups excluding carboxylic acids is 3. The van der Waals surface area contributed by atoms with Crippen LogP contribution in [-0.4, -0.2) is 71.1 Å². The largest absolute Gasteiger partial charge is 0.726 e. The molecule has 2 aliphatic rings. The van der Waals surface area contributed by atoms with Crippen LogP contribution in [-0.2, 0) is 45.6 Å². The lowest BCUT2D eigenvalue weighted by atomic mass is 10.0. The van der Waals surface area contributed by atoms with E-state index in [0.717, 1.165) is 30.0 Å². The number of β-lactam (4-membered cyclic amide) rings is 1. The molecule has 1 fully saturated rings. The van der Waals surface area contributed by atoms with E-state index in [9.17, 15) is 27.4 Å². The average Bonchev–Trinajstić information content (AvgIpc) is 3.59. The number of rotatable bonds is 12. The smallest absolute Gasteiger partial charge is 0.356 e. The maximum absolute atomic E-state index is 13.8. The van der Waals surface area contributed by atoms with Crippen LogP contribution in [0.5, 0.6) is 0 Å². The first kappa shape index (κ1) is 38.8. The van der Waals surface area contributed by atoms with Gasteiger partial charge in [0.1, 0.15) is 36.1 Å². The van der Waals surface area contributed by atoms with Crippen molar-refractivity contribution >= 4 is 62.6 Å². The fourth-order valence-electron chi connectivity index (χ4n) is 5.34. The summed E-state index contributed by atoms with van der Waals surface area (Å²) in [4.78, 5) is 51.5. The first-order chi connectivity index (χ1) is 25.4. The number of nitrogen functional groups attached to an aromatic ring is 1. The molecule has 0 bridgehead atoms. The van der Waals surface area contributed by atoms with E-state index in [-0.39, 0.29) is 5.70 Å². The number of thiazole rings is 1. The number of thioether (sulfide) groups is 1. The summed E-state index contributed by atoms with van der Waals surface area (Å²) in [5, 5.41) is 8.23. The highest BCUT2D eigenvalue weighted by atomic mass is 32.3. The molecule has 6 rings (SSSR count). The Bertz CT molecular complexity index is 2090. The van der Waals surface area contributed by atoms with Gasteiger partial charge in [-0.1, -0.05) is 78.5 Å². The van der Waals surface area contributed by atoms with Gasteiger partial charge in [-0.2, -0.15) is 0 Å². The van der Waals surface area contributed by atoms with E-state index in [2.05, 4.69) is 26.2 Å². The molecule has 0 spiro atoms. The molecular formula is C35H34N6O9S3. The van der Waals surface area contributed by atoms with Crippen LogP contribution in [0.4, 0.5) is 5.13 Å². The predicted octanol–water partition coefficient (Wildman–Crippen LogP) is 2.91. The molecule has 3 atom stereocenters. The molecule has 53 heavy (non-hydrogen) atoms. The molecule has 15 nitrogen and oxygen atoms in total. The first-order valence-corrected chi connectivity index (χ1v) is 18.9. The van der Waals surface area contributed by atoms with Gasteiger partial charge >= 0.3 is 5.97 Å². The Balaban J connectivity index is 0.000000833. The third kappa shape index (κ3) is 9.73. The van der Waals surface area contributed by atoms with Crippen molar-refractivity contribution < 1.29 is 45.7 Å². The normalized spacial score (nSPS) is 17.3. The van der Waals surface area contributed by atoms with Crippen LogP contribution >= 0.6 is 23.1 Å². The summed E-state index contributed by atoms with van der Waals surface area (Å²) >= 11 is 2.68. The monoisotopic (exact) mass is 778 g/mol. The Morgan fingerprint density at radius 2 is 1.72 bits per heavy atom. The number of carbonyl (C=O) groups is 3. The van der Waals surface area contributed by atoms with Gasteiger partial charge in [0.25, 0.3) is 11.8 Å². The second-order valence-corrected chi connectivity index (χ2v) is 14.4. The number of hydrogen-bond donors (Lipinski definition) is 2. The van der Waals surface area contributed by atoms with Crippen LogP contribution in [0.2, 0.25) is 0 Å². The van der Waals surface area contributed by atoms with Crippen molar-refractivity contribution in [3.63, 3.8) is 0 Å². The van der Waals surface area contributed by atoms with Crippen LogP contribution in [0.1, 0.15) is 34.6 Å². The second-order valence-electron chi connectivity index (χ2n) is 11.3. The average molecular weight is 779 g/mol. The summed E-state index contributed by atoms with van der Waals surface area (Å²) in [5.74, 6) is -1.33. The van der Waals surface area contributed by atoms with Crippen LogP contribution in [0.3, 0.4) is 0 Å². The fourth-order valence-corrected chi connectivity index (χ4v) is 7.25. The number of amides is 2. The van der Waals surface area contributed by atoms with Crippen LogP contribution in [0.25, 0.3) is 0 Å². The van der Waals surface area contributed by atoms with E-state index in [0.29, 0.717) is 22.2 Å². The lowest BCUT2D eigenvalue weighted by Crippen LogP contribution is -2.70. The number of hydrogen-bond acceptors (Lipinski definition) is 14. The molecule has 4 heterocycles. The number of ether oxygens (including phenoxy) is 1. The Hall–Kier alpha value is -5.40. The molecule has 3 N–H and O–H groups in total. The molecule has 2 aliphatic heterocycles. The number of aromatic nitrogens is 2. The fraction of sp³-hybridized carbons (Fsp3) is 0.200. The third-order valence-electron chi connectivity index (χ3n) is 7.78. The molecule has 4 aromatic rings. The number of nitrogens with one attached hydrogen (secondary N) is 1. The molecular weight excluding hydrogens is 745 g/mol. The van der Waals surface area contributed by atoms with E-state index < -0.39 is 51.8 Å². The van der Waals surface area contributed by atoms with Gasteiger partial charge in [-0.15, -0.1) is 23.1 Å². The lowest BCUT2D eigenvalue weighted by Gasteiger charge is -2.49. The van der Waals surface area contributed by atoms with Gasteiger partial charge in [0.2, 0.25) is 16.5 Å². The number of nitrogens with two attached hydrogens (primary N) is 1. The zero-order valence-electron chi connectivity index (χ0n) is 28.3. The molecule has 1 saturated heterocycles. The zero-order valence-corrected chi connectivity index (χ0v) is 30.8. The number of fused-ring (bicyclic) bond motifs is 1. The minimum atomic E-state index is -4.41. The summed E-state index contributed by atoms with van der Waals surface area (Å²) in [6.07, 6.45) is 4.86. The standard InChI is InChI=1S/C34H30N6O5S2.CH4O4S/c1-3-21-19-46-32-27(38-26(41)17-36-45-30(25-20-47-34(35)37-25)24-15-10-16-39(2)18-24)31(42)40(32)28(21)33(43)44-29(22-11-6-4-7-12-22)23-13-8-5-9-14-23;1-5-6(2,3)4/h3-18,20,27,29-30,32H,1,19H2,2H3,(H2-,35,37,38,41);1H3,(H,2,3,4)/t27?,30?,32-;/m0./s1. The first-order valence-electron chi connectivity index (χ1n) is 15.7. The van der Waals surface area contributed by atoms with Crippen LogP contribution < -0.4 is 15.6 Å². The maximum Gasteiger partial charge on any atom is 0.356 e. The number of oxime groups is 1. The molecule has 2 aromatic carbocycles. The molecule has 0 radical (unpaired) electrons. The van der Waals surface area contributed by atoms with Crippen molar-refractivity contribution in [1.29, 1.82) is 0 Å². The van der Waals surface area contributed by atoms with Crippen molar-refractivity contribution in [2.24, 2.45) is 12.2 Å². The Morgan fingerprint density at radius 1 is 1.09 bits per heavy atom. The quantitative estimate of drug-likeness (QED) is 0.0405. The molecule has 0 saturated carbocycles. The summed E-state index contributed by atoms with van der Waals surface area (Å²) in [6.45, 7) is 3.86. The number of benzene rings is 2. The molecule has 0 aliphatic carbocycles. The lowest BCUT2D eigenvalue weighted by molar-refractivity contribution is -0.672. The van der Waals surface area contributed by atoms with Gasteiger partial charge in [-0.05, 0) is 22.8 Å². The van der Waals surface area contributed by atoms with E-state index in [1.54, 1.807) is 11.5 Å². The number of pyridine rings is 1. The van der Waals surface area contributed by atoms with Gasteiger partial charge in [0, 0.05) is 17.2 Å². The highest BCUT2D eigenvalue weighted by Crippen LogP contribution is 2.42. The van der Waals surface area contributed by atoms with Crippen LogP contribution in [0.15, 0.2) is 120 Å². The van der Waals surface area contributed by atoms with Gasteiger partial charge in [-0.3, -0.25) is 18.7 Å². The maximum atomic E-state index is 13.8. The van der Waals surface area contributed by atoms with E-state index in [1.165, 1.54) is 28.0 Å². The summed E-state index contributed by atoms with van der Waals surface area (Å²) < 4.78 is 39.0.